The number of methoxy groups -OCH3 is 1. The Hall–Kier alpha value is -1.84. The molecule has 8 nitrogen and oxygen atoms in total. The summed E-state index contributed by atoms with van der Waals surface area (Å²) in [5.41, 5.74) is -0.0859. The van der Waals surface area contributed by atoms with Crippen LogP contribution in [-0.4, -0.2) is 81.8 Å². The Labute approximate surface area is 155 Å². The maximum Gasteiger partial charge on any atom is 0.281 e. The third kappa shape index (κ3) is 4.11. The monoisotopic (exact) mass is 384 g/mol. The first-order valence-electron chi connectivity index (χ1n) is 8.44. The smallest absolute Gasteiger partial charge is 0.281 e. The average Bonchev–Trinajstić information content (AvgIpc) is 2.61. The van der Waals surface area contributed by atoms with Gasteiger partial charge in [0, 0.05) is 53.0 Å². The summed E-state index contributed by atoms with van der Waals surface area (Å²) < 4.78 is 32.6. The van der Waals surface area contributed by atoms with E-state index in [4.69, 9.17) is 4.74 Å². The molecular weight excluding hydrogens is 356 g/mol. The minimum atomic E-state index is -3.49. The van der Waals surface area contributed by atoms with Gasteiger partial charge in [-0.25, -0.2) is 0 Å². The van der Waals surface area contributed by atoms with Gasteiger partial charge < -0.3 is 15.0 Å². The molecule has 0 unspecified atom stereocenters. The maximum absolute atomic E-state index is 12.9. The van der Waals surface area contributed by atoms with Crippen molar-refractivity contribution in [2.24, 2.45) is 0 Å². The van der Waals surface area contributed by atoms with E-state index in [0.29, 0.717) is 18.6 Å². The second-order valence-corrected chi connectivity index (χ2v) is 8.97. The molecule has 1 aliphatic heterocycles. The molecule has 1 aromatic rings. The summed E-state index contributed by atoms with van der Waals surface area (Å²) in [4.78, 5) is 14.5. The van der Waals surface area contributed by atoms with Crippen LogP contribution in [-0.2, 0) is 15.0 Å². The van der Waals surface area contributed by atoms with Crippen LogP contribution >= 0.6 is 0 Å². The molecule has 1 saturated heterocycles. The van der Waals surface area contributed by atoms with Gasteiger partial charge >= 0.3 is 0 Å². The number of benzene rings is 1. The van der Waals surface area contributed by atoms with Gasteiger partial charge in [-0.15, -0.1) is 0 Å². The van der Waals surface area contributed by atoms with Crippen molar-refractivity contribution >= 4 is 21.8 Å². The molecule has 1 fully saturated rings. The number of ether oxygens (including phenoxy) is 1. The van der Waals surface area contributed by atoms with E-state index in [0.717, 1.165) is 5.69 Å². The zero-order valence-corrected chi connectivity index (χ0v) is 16.8. The summed E-state index contributed by atoms with van der Waals surface area (Å²) in [6, 6.07) is 7.38. The highest BCUT2D eigenvalue weighted by Crippen LogP contribution is 2.31. The summed E-state index contributed by atoms with van der Waals surface area (Å²) in [6.07, 6.45) is 0.766. The van der Waals surface area contributed by atoms with Crippen molar-refractivity contribution in [2.75, 3.05) is 53.7 Å². The number of carbonyl (C=O) groups excluding carboxylic acids is 1. The molecule has 9 heteroatoms. The van der Waals surface area contributed by atoms with Crippen molar-refractivity contribution in [1.29, 1.82) is 0 Å². The molecule has 1 N–H and O–H groups in total. The van der Waals surface area contributed by atoms with E-state index in [2.05, 4.69) is 5.32 Å². The number of nitrogens with zero attached hydrogens (tertiary/aromatic N) is 3. The molecule has 0 saturated carbocycles. The van der Waals surface area contributed by atoms with Crippen LogP contribution in [0.4, 0.5) is 5.69 Å². The molecule has 0 bridgehead atoms. The number of piperidine rings is 1. The van der Waals surface area contributed by atoms with Gasteiger partial charge in [0.1, 0.15) is 11.3 Å². The molecule has 0 atom stereocenters. The van der Waals surface area contributed by atoms with E-state index in [1.807, 2.05) is 24.3 Å². The van der Waals surface area contributed by atoms with Crippen molar-refractivity contribution < 1.29 is 17.9 Å². The third-order valence-corrected chi connectivity index (χ3v) is 6.57. The van der Waals surface area contributed by atoms with Gasteiger partial charge in [-0.05, 0) is 25.0 Å². The van der Waals surface area contributed by atoms with E-state index >= 15 is 0 Å². The van der Waals surface area contributed by atoms with Crippen molar-refractivity contribution in [2.45, 2.75) is 18.4 Å². The van der Waals surface area contributed by atoms with Crippen LogP contribution in [0.1, 0.15) is 12.8 Å². The van der Waals surface area contributed by atoms with E-state index in [1.165, 1.54) is 22.7 Å². The standard InChI is InChI=1S/C17H28N4O4S/c1-19(2)16(22)17(18-14-7-6-8-15(13-14)25-5)9-11-21(12-10-17)26(23,24)20(3)4/h6-8,13,18H,9-12H2,1-5H3. The minimum Gasteiger partial charge on any atom is -0.497 e. The van der Waals surface area contributed by atoms with Gasteiger partial charge in [0.25, 0.3) is 10.2 Å². The number of rotatable bonds is 6. The van der Waals surface area contributed by atoms with Crippen molar-refractivity contribution in [3.63, 3.8) is 0 Å². The highest BCUT2D eigenvalue weighted by molar-refractivity contribution is 7.86. The summed E-state index contributed by atoms with van der Waals surface area (Å²) in [5.74, 6) is 0.622. The first-order chi connectivity index (χ1) is 12.1. The lowest BCUT2D eigenvalue weighted by Gasteiger charge is -2.42. The number of nitrogens with one attached hydrogen (secondary N) is 1. The van der Waals surface area contributed by atoms with Gasteiger partial charge in [0.15, 0.2) is 0 Å². The summed E-state index contributed by atoms with van der Waals surface area (Å²) in [7, 11) is 4.54. The largest absolute Gasteiger partial charge is 0.497 e. The van der Waals surface area contributed by atoms with Crippen LogP contribution < -0.4 is 10.1 Å². The molecule has 0 aliphatic carbocycles. The van der Waals surface area contributed by atoms with Crippen molar-refractivity contribution in [3.05, 3.63) is 24.3 Å². The lowest BCUT2D eigenvalue weighted by Crippen LogP contribution is -2.59. The van der Waals surface area contributed by atoms with E-state index in [9.17, 15) is 13.2 Å². The zero-order valence-electron chi connectivity index (χ0n) is 16.0. The van der Waals surface area contributed by atoms with Gasteiger partial charge in [-0.3, -0.25) is 4.79 Å². The number of hydrogen-bond donors (Lipinski definition) is 1. The number of amides is 1. The highest BCUT2D eigenvalue weighted by atomic mass is 32.2. The van der Waals surface area contributed by atoms with E-state index in [1.54, 1.807) is 26.1 Å². The highest BCUT2D eigenvalue weighted by Gasteiger charge is 2.44. The topological polar surface area (TPSA) is 82.2 Å². The molecule has 1 heterocycles. The minimum absolute atomic E-state index is 0.0674. The predicted molar refractivity (Wildman–Crippen MR) is 101 cm³/mol. The molecule has 1 aromatic carbocycles. The molecule has 0 spiro atoms. The predicted octanol–water partition coefficient (Wildman–Crippen LogP) is 0.836. The van der Waals surface area contributed by atoms with Crippen LogP contribution in [0.3, 0.4) is 0 Å². The Balaban J connectivity index is 2.27. The SMILES string of the molecule is COc1cccc(NC2(C(=O)N(C)C)CCN(S(=O)(=O)N(C)C)CC2)c1. The van der Waals surface area contributed by atoms with E-state index < -0.39 is 15.7 Å². The first-order valence-corrected chi connectivity index (χ1v) is 9.84. The summed E-state index contributed by atoms with van der Waals surface area (Å²) >= 11 is 0. The van der Waals surface area contributed by atoms with Crippen molar-refractivity contribution in [1.82, 2.24) is 13.5 Å². The first kappa shape index (κ1) is 20.5. The summed E-state index contributed by atoms with van der Waals surface area (Å²) in [5, 5.41) is 3.35. The van der Waals surface area contributed by atoms with Gasteiger partial charge in [-0.2, -0.15) is 17.0 Å². The number of carbonyl (C=O) groups is 1. The second-order valence-electron chi connectivity index (χ2n) is 6.83. The Morgan fingerprint density at radius 3 is 2.31 bits per heavy atom. The maximum atomic E-state index is 12.9. The Kier molecular flexibility index (Phi) is 6.15. The lowest BCUT2D eigenvalue weighted by atomic mass is 9.86. The fourth-order valence-electron chi connectivity index (χ4n) is 3.13. The average molecular weight is 385 g/mol. The van der Waals surface area contributed by atoms with Crippen LogP contribution in [0.25, 0.3) is 0 Å². The Morgan fingerprint density at radius 2 is 1.81 bits per heavy atom. The molecule has 1 aliphatic rings. The third-order valence-electron chi connectivity index (χ3n) is 4.63. The lowest BCUT2D eigenvalue weighted by molar-refractivity contribution is -0.134. The molecule has 1 amide bonds. The summed E-state index contributed by atoms with van der Waals surface area (Å²) in [6.45, 7) is 0.550. The van der Waals surface area contributed by atoms with Crippen LogP contribution in [0.15, 0.2) is 24.3 Å². The second kappa shape index (κ2) is 7.81. The normalized spacial score (nSPS) is 17.8. The molecule has 0 radical (unpaired) electrons. The number of likely N-dealkylation sites (N-methyl/N-ethyl adjacent to an activating group) is 1. The molecular formula is C17H28N4O4S. The molecule has 2 rings (SSSR count). The van der Waals surface area contributed by atoms with Crippen LogP contribution in [0.2, 0.25) is 0 Å². The van der Waals surface area contributed by atoms with E-state index in [-0.39, 0.29) is 19.0 Å². The van der Waals surface area contributed by atoms with Gasteiger partial charge in [-0.1, -0.05) is 6.07 Å². The van der Waals surface area contributed by atoms with Gasteiger partial charge in [0.2, 0.25) is 5.91 Å². The fraction of sp³-hybridized carbons (Fsp3) is 0.588. The van der Waals surface area contributed by atoms with Crippen LogP contribution in [0.5, 0.6) is 5.75 Å². The Morgan fingerprint density at radius 1 is 1.19 bits per heavy atom. The number of hydrogen-bond acceptors (Lipinski definition) is 5. The quantitative estimate of drug-likeness (QED) is 0.786. The van der Waals surface area contributed by atoms with Crippen molar-refractivity contribution in [3.8, 4) is 5.75 Å². The van der Waals surface area contributed by atoms with Gasteiger partial charge in [0.05, 0.1) is 7.11 Å². The zero-order chi connectivity index (χ0) is 19.5. The molecule has 0 aromatic heterocycles. The Bertz CT molecular complexity index is 741. The fourth-order valence-corrected chi connectivity index (χ4v) is 4.23. The molecule has 26 heavy (non-hydrogen) atoms. The van der Waals surface area contributed by atoms with Crippen LogP contribution in [0, 0.1) is 0 Å². The molecule has 146 valence electrons. The number of anilines is 1.